The number of thiol groups is 1. The molecule has 1 nitrogen and oxygen atoms in total. The zero-order valence-corrected chi connectivity index (χ0v) is 8.20. The minimum absolute atomic E-state index is 0.140. The second-order valence-electron chi connectivity index (χ2n) is 4.31. The van der Waals surface area contributed by atoms with E-state index in [0.29, 0.717) is 0 Å². The van der Waals surface area contributed by atoms with Crippen molar-refractivity contribution < 1.29 is 5.11 Å². The molecule has 0 heterocycles. The molecular weight excluding hydrogens is 144 g/mol. The van der Waals surface area contributed by atoms with E-state index in [0.717, 1.165) is 12.2 Å². The molecule has 2 heteroatoms. The highest BCUT2D eigenvalue weighted by atomic mass is 32.1. The van der Waals surface area contributed by atoms with Gasteiger partial charge in [0.2, 0.25) is 0 Å². The van der Waals surface area contributed by atoms with Crippen molar-refractivity contribution in [3.05, 3.63) is 0 Å². The first-order valence-electron chi connectivity index (χ1n) is 3.60. The van der Waals surface area contributed by atoms with Crippen LogP contribution in [0.5, 0.6) is 0 Å². The van der Waals surface area contributed by atoms with Gasteiger partial charge in [0.15, 0.2) is 0 Å². The van der Waals surface area contributed by atoms with Crippen molar-refractivity contribution in [1.29, 1.82) is 0 Å². The van der Waals surface area contributed by atoms with Gasteiger partial charge in [0.1, 0.15) is 0 Å². The van der Waals surface area contributed by atoms with Gasteiger partial charge in [-0.3, -0.25) is 0 Å². The zero-order chi connectivity index (χ0) is 8.41. The number of hydrogen-bond acceptors (Lipinski definition) is 2. The number of rotatable bonds is 3. The van der Waals surface area contributed by atoms with Gasteiger partial charge in [0, 0.05) is 0 Å². The van der Waals surface area contributed by atoms with Gasteiger partial charge < -0.3 is 5.11 Å². The molecule has 0 atom stereocenters. The van der Waals surface area contributed by atoms with Crippen LogP contribution in [0.1, 0.15) is 34.1 Å². The molecule has 0 aliphatic heterocycles. The summed E-state index contributed by atoms with van der Waals surface area (Å²) < 4.78 is 0. The lowest BCUT2D eigenvalue weighted by atomic mass is 9.84. The van der Waals surface area contributed by atoms with Gasteiger partial charge in [0.05, 0.1) is 5.60 Å². The summed E-state index contributed by atoms with van der Waals surface area (Å²) in [7, 11) is 0. The molecule has 0 aromatic rings. The lowest BCUT2D eigenvalue weighted by Crippen LogP contribution is -2.29. The first kappa shape index (κ1) is 10.3. The summed E-state index contributed by atoms with van der Waals surface area (Å²) in [6.45, 7) is 7.88. The topological polar surface area (TPSA) is 20.2 Å². The summed E-state index contributed by atoms with van der Waals surface area (Å²) in [6.07, 6.45) is 0.795. The van der Waals surface area contributed by atoms with Gasteiger partial charge in [-0.2, -0.15) is 12.6 Å². The molecule has 10 heavy (non-hydrogen) atoms. The summed E-state index contributed by atoms with van der Waals surface area (Å²) >= 11 is 4.20. The Kier molecular flexibility index (Phi) is 3.24. The Balaban J connectivity index is 3.89. The molecule has 0 saturated carbocycles. The Hall–Kier alpha value is 0.310. The maximum Gasteiger partial charge on any atom is 0.0597 e. The molecule has 0 aromatic heterocycles. The van der Waals surface area contributed by atoms with E-state index in [1.54, 1.807) is 0 Å². The fourth-order valence-electron chi connectivity index (χ4n) is 1.23. The maximum atomic E-state index is 9.45. The average molecular weight is 162 g/mol. The monoisotopic (exact) mass is 162 g/mol. The highest BCUT2D eigenvalue weighted by Crippen LogP contribution is 2.28. The molecule has 0 saturated heterocycles. The molecule has 0 aromatic carbocycles. The summed E-state index contributed by atoms with van der Waals surface area (Å²) in [5.74, 6) is 0.816. The van der Waals surface area contributed by atoms with E-state index in [9.17, 15) is 5.11 Å². The van der Waals surface area contributed by atoms with Crippen LogP contribution in [0.25, 0.3) is 0 Å². The van der Waals surface area contributed by atoms with Crippen LogP contribution >= 0.6 is 12.6 Å². The Morgan fingerprint density at radius 2 is 1.60 bits per heavy atom. The summed E-state index contributed by atoms with van der Waals surface area (Å²) in [4.78, 5) is 0. The van der Waals surface area contributed by atoms with Crippen LogP contribution in [0, 0.1) is 5.41 Å². The Morgan fingerprint density at radius 1 is 1.20 bits per heavy atom. The largest absolute Gasteiger partial charge is 0.390 e. The average Bonchev–Trinajstić information content (AvgIpc) is 1.60. The molecule has 0 radical (unpaired) electrons. The summed E-state index contributed by atoms with van der Waals surface area (Å²) in [5, 5.41) is 9.45. The van der Waals surface area contributed by atoms with E-state index in [1.165, 1.54) is 0 Å². The first-order chi connectivity index (χ1) is 4.27. The number of hydrogen-bond donors (Lipinski definition) is 2. The minimum atomic E-state index is -0.563. The zero-order valence-electron chi connectivity index (χ0n) is 7.31. The molecule has 0 aliphatic carbocycles. The smallest absolute Gasteiger partial charge is 0.0597 e. The van der Waals surface area contributed by atoms with Crippen molar-refractivity contribution in [3.8, 4) is 0 Å². The van der Waals surface area contributed by atoms with E-state index in [2.05, 4.69) is 26.5 Å². The molecule has 0 spiro atoms. The van der Waals surface area contributed by atoms with Crippen molar-refractivity contribution in [2.45, 2.75) is 39.7 Å². The molecule has 0 amide bonds. The maximum absolute atomic E-state index is 9.45. The molecule has 0 fully saturated rings. The van der Waals surface area contributed by atoms with Crippen LogP contribution < -0.4 is 0 Å². The van der Waals surface area contributed by atoms with E-state index < -0.39 is 5.60 Å². The van der Waals surface area contributed by atoms with Crippen LogP contribution in [0.2, 0.25) is 0 Å². The second-order valence-corrected chi connectivity index (χ2v) is 4.63. The van der Waals surface area contributed by atoms with Gasteiger partial charge in [-0.1, -0.05) is 13.8 Å². The quantitative estimate of drug-likeness (QED) is 0.609. The fourth-order valence-corrected chi connectivity index (χ4v) is 1.34. The lowest BCUT2D eigenvalue weighted by Gasteiger charge is -2.29. The van der Waals surface area contributed by atoms with Gasteiger partial charge in [-0.15, -0.1) is 0 Å². The van der Waals surface area contributed by atoms with Gasteiger partial charge in [-0.05, 0) is 31.4 Å². The Morgan fingerprint density at radius 3 is 1.70 bits per heavy atom. The van der Waals surface area contributed by atoms with Crippen LogP contribution in [0.15, 0.2) is 0 Å². The molecule has 62 valence electrons. The standard InChI is InChI=1S/C8H18OS/c1-7(2,6-10)5-8(3,4)9/h9-10H,5-6H2,1-4H3. The van der Waals surface area contributed by atoms with Crippen LogP contribution in [0.4, 0.5) is 0 Å². The first-order valence-corrected chi connectivity index (χ1v) is 4.23. The Bertz CT molecular complexity index is 102. The van der Waals surface area contributed by atoms with E-state index in [-0.39, 0.29) is 5.41 Å². The summed E-state index contributed by atoms with van der Waals surface area (Å²) in [6, 6.07) is 0. The fraction of sp³-hybridized carbons (Fsp3) is 1.00. The number of aliphatic hydroxyl groups is 1. The third kappa shape index (κ3) is 5.12. The van der Waals surface area contributed by atoms with Gasteiger partial charge >= 0.3 is 0 Å². The van der Waals surface area contributed by atoms with Gasteiger partial charge in [0.25, 0.3) is 0 Å². The minimum Gasteiger partial charge on any atom is -0.390 e. The lowest BCUT2D eigenvalue weighted by molar-refractivity contribution is 0.0384. The van der Waals surface area contributed by atoms with Crippen LogP contribution in [0.3, 0.4) is 0 Å². The molecule has 0 unspecified atom stereocenters. The van der Waals surface area contributed by atoms with E-state index in [1.807, 2.05) is 13.8 Å². The van der Waals surface area contributed by atoms with Crippen molar-refractivity contribution in [1.82, 2.24) is 0 Å². The van der Waals surface area contributed by atoms with Gasteiger partial charge in [-0.25, -0.2) is 0 Å². The summed E-state index contributed by atoms with van der Waals surface area (Å²) in [5.41, 5.74) is -0.423. The third-order valence-corrected chi connectivity index (χ3v) is 2.20. The molecule has 0 bridgehead atoms. The SMILES string of the molecule is CC(C)(O)CC(C)(C)CS. The molecule has 0 aliphatic rings. The van der Waals surface area contributed by atoms with Crippen molar-refractivity contribution >= 4 is 12.6 Å². The predicted molar refractivity (Wildman–Crippen MR) is 48.5 cm³/mol. The van der Waals surface area contributed by atoms with E-state index in [4.69, 9.17) is 0 Å². The van der Waals surface area contributed by atoms with Crippen molar-refractivity contribution in [3.63, 3.8) is 0 Å². The van der Waals surface area contributed by atoms with Crippen molar-refractivity contribution in [2.24, 2.45) is 5.41 Å². The second kappa shape index (κ2) is 3.14. The molecule has 1 N–H and O–H groups in total. The highest BCUT2D eigenvalue weighted by molar-refractivity contribution is 7.80. The molecular formula is C8H18OS. The Labute approximate surface area is 69.2 Å². The normalized spacial score (nSPS) is 13.8. The van der Waals surface area contributed by atoms with E-state index >= 15 is 0 Å². The van der Waals surface area contributed by atoms with Crippen molar-refractivity contribution in [2.75, 3.05) is 5.75 Å². The predicted octanol–water partition coefficient (Wildman–Crippen LogP) is 2.10. The van der Waals surface area contributed by atoms with Crippen LogP contribution in [-0.2, 0) is 0 Å². The molecule has 0 rings (SSSR count). The third-order valence-electron chi connectivity index (χ3n) is 1.34. The highest BCUT2D eigenvalue weighted by Gasteiger charge is 2.25. The van der Waals surface area contributed by atoms with Crippen LogP contribution in [-0.4, -0.2) is 16.5 Å².